The minimum atomic E-state index is -5.10. The predicted molar refractivity (Wildman–Crippen MR) is 72.3 cm³/mol. The molecule has 3 nitrogen and oxygen atoms in total. The van der Waals surface area contributed by atoms with Crippen molar-refractivity contribution in [3.8, 4) is 0 Å². The van der Waals surface area contributed by atoms with E-state index in [1.54, 1.807) is 0 Å². The highest BCUT2D eigenvalue weighted by Crippen LogP contribution is 2.24. The zero-order valence-corrected chi connectivity index (χ0v) is 13.0. The van der Waals surface area contributed by atoms with Crippen LogP contribution in [-0.4, -0.2) is 30.9 Å². The Hall–Kier alpha value is -0.590. The lowest BCUT2D eigenvalue weighted by atomic mass is 10.1. The van der Waals surface area contributed by atoms with Crippen LogP contribution in [0.2, 0.25) is 0 Å². The summed E-state index contributed by atoms with van der Waals surface area (Å²) >= 11 is 0. The third kappa shape index (κ3) is 5.81. The SMILES string of the molecule is CCCCCCCC(C)S(=O)(=O)C(C)C(=O)C(F)(F)F. The lowest BCUT2D eigenvalue weighted by Gasteiger charge is -2.18. The van der Waals surface area contributed by atoms with E-state index in [9.17, 15) is 26.4 Å². The molecule has 0 saturated heterocycles. The van der Waals surface area contributed by atoms with Crippen molar-refractivity contribution in [2.75, 3.05) is 0 Å². The van der Waals surface area contributed by atoms with Crippen LogP contribution in [0, 0.1) is 0 Å². The summed E-state index contributed by atoms with van der Waals surface area (Å²) in [6.07, 6.45) is -0.202. The summed E-state index contributed by atoms with van der Waals surface area (Å²) in [5.74, 6) is -2.18. The second-order valence-electron chi connectivity index (χ2n) is 5.11. The minimum absolute atomic E-state index is 0.293. The van der Waals surface area contributed by atoms with E-state index in [1.165, 1.54) is 6.92 Å². The molecule has 120 valence electrons. The molecule has 0 aromatic heterocycles. The highest BCUT2D eigenvalue weighted by atomic mass is 32.2. The molecule has 0 aliphatic heterocycles. The van der Waals surface area contributed by atoms with Gasteiger partial charge in [-0.2, -0.15) is 13.2 Å². The number of hydrogen-bond acceptors (Lipinski definition) is 3. The van der Waals surface area contributed by atoms with Gasteiger partial charge in [-0.1, -0.05) is 39.0 Å². The molecular formula is C13H23F3O3S. The van der Waals surface area contributed by atoms with Crippen molar-refractivity contribution in [3.05, 3.63) is 0 Å². The van der Waals surface area contributed by atoms with Gasteiger partial charge in [-0.25, -0.2) is 8.42 Å². The van der Waals surface area contributed by atoms with Gasteiger partial charge in [0.1, 0.15) is 5.25 Å². The van der Waals surface area contributed by atoms with E-state index in [2.05, 4.69) is 6.92 Å². The fourth-order valence-electron chi connectivity index (χ4n) is 1.93. The first-order valence-corrected chi connectivity index (χ1v) is 8.49. The van der Waals surface area contributed by atoms with Crippen LogP contribution >= 0.6 is 0 Å². The Morgan fingerprint density at radius 1 is 1.05 bits per heavy atom. The van der Waals surface area contributed by atoms with Gasteiger partial charge in [-0.15, -0.1) is 0 Å². The molecule has 0 fully saturated rings. The van der Waals surface area contributed by atoms with Gasteiger partial charge < -0.3 is 0 Å². The number of sulfone groups is 1. The van der Waals surface area contributed by atoms with Crippen molar-refractivity contribution in [1.82, 2.24) is 0 Å². The third-order valence-electron chi connectivity index (χ3n) is 3.42. The number of halogens is 3. The molecule has 0 aromatic rings. The minimum Gasteiger partial charge on any atom is -0.288 e. The first-order valence-electron chi connectivity index (χ1n) is 6.88. The third-order valence-corrected chi connectivity index (χ3v) is 5.97. The van der Waals surface area contributed by atoms with Gasteiger partial charge in [0.05, 0.1) is 5.25 Å². The summed E-state index contributed by atoms with van der Waals surface area (Å²) in [7, 11) is -4.08. The molecule has 0 spiro atoms. The van der Waals surface area contributed by atoms with E-state index in [0.29, 0.717) is 12.8 Å². The number of Topliss-reactive ketones (excluding diaryl/α,β-unsaturated/α-hetero) is 1. The van der Waals surface area contributed by atoms with Gasteiger partial charge in [0.15, 0.2) is 9.84 Å². The molecule has 20 heavy (non-hydrogen) atoms. The van der Waals surface area contributed by atoms with Gasteiger partial charge in [-0.05, 0) is 20.3 Å². The smallest absolute Gasteiger partial charge is 0.288 e. The van der Waals surface area contributed by atoms with E-state index < -0.39 is 32.3 Å². The summed E-state index contributed by atoms with van der Waals surface area (Å²) in [5, 5.41) is -2.95. The standard InChI is InChI=1S/C13H23F3O3S/c1-4-5-6-7-8-9-10(2)20(18,19)11(3)12(17)13(14,15)16/h10-11H,4-9H2,1-3H3. The van der Waals surface area contributed by atoms with Crippen LogP contribution in [0.1, 0.15) is 59.3 Å². The van der Waals surface area contributed by atoms with Gasteiger partial charge >= 0.3 is 6.18 Å². The molecule has 0 amide bonds. The van der Waals surface area contributed by atoms with Crippen molar-refractivity contribution >= 4 is 15.6 Å². The zero-order valence-electron chi connectivity index (χ0n) is 12.2. The quantitative estimate of drug-likeness (QED) is 0.610. The maximum Gasteiger partial charge on any atom is 0.451 e. The fraction of sp³-hybridized carbons (Fsp3) is 0.923. The average Bonchev–Trinajstić information content (AvgIpc) is 2.35. The van der Waals surface area contributed by atoms with Crippen LogP contribution in [0.3, 0.4) is 0 Å². The predicted octanol–water partition coefficient (Wildman–Crippen LogP) is 3.67. The van der Waals surface area contributed by atoms with Crippen LogP contribution in [0.15, 0.2) is 0 Å². The fourth-order valence-corrected chi connectivity index (χ4v) is 3.55. The van der Waals surface area contributed by atoms with Crippen molar-refractivity contribution in [2.45, 2.75) is 76.0 Å². The number of carbonyl (C=O) groups excluding carboxylic acids is 1. The van der Waals surface area contributed by atoms with Gasteiger partial charge in [0.25, 0.3) is 5.78 Å². The lowest BCUT2D eigenvalue weighted by molar-refractivity contribution is -0.170. The first-order chi connectivity index (χ1) is 9.05. The molecule has 0 bridgehead atoms. The largest absolute Gasteiger partial charge is 0.451 e. The Morgan fingerprint density at radius 2 is 1.55 bits per heavy atom. The Kier molecular flexibility index (Phi) is 7.76. The zero-order chi connectivity index (χ0) is 16.0. The molecule has 0 aliphatic rings. The van der Waals surface area contributed by atoms with Crippen molar-refractivity contribution in [2.24, 2.45) is 0 Å². The van der Waals surface area contributed by atoms with Crippen molar-refractivity contribution in [1.29, 1.82) is 0 Å². The Morgan fingerprint density at radius 3 is 2.00 bits per heavy atom. The number of ketones is 1. The molecule has 2 atom stereocenters. The summed E-state index contributed by atoms with van der Waals surface area (Å²) in [4.78, 5) is 11.0. The number of unbranched alkanes of at least 4 members (excludes halogenated alkanes) is 4. The van der Waals surface area contributed by atoms with Crippen LogP contribution in [0.25, 0.3) is 0 Å². The summed E-state index contributed by atoms with van der Waals surface area (Å²) in [5.41, 5.74) is 0. The second kappa shape index (κ2) is 8.00. The van der Waals surface area contributed by atoms with E-state index >= 15 is 0 Å². The van der Waals surface area contributed by atoms with Crippen LogP contribution in [0.5, 0.6) is 0 Å². The number of alkyl halides is 3. The highest BCUT2D eigenvalue weighted by molar-refractivity contribution is 7.93. The molecule has 0 heterocycles. The van der Waals surface area contributed by atoms with Gasteiger partial charge in [-0.3, -0.25) is 4.79 Å². The maximum absolute atomic E-state index is 12.3. The molecule has 0 aromatic carbocycles. The molecule has 2 unspecified atom stereocenters. The molecule has 7 heteroatoms. The molecule has 0 aliphatic carbocycles. The Bertz CT molecular complexity index is 402. The summed E-state index contributed by atoms with van der Waals surface area (Å²) in [6.45, 7) is 4.24. The second-order valence-corrected chi connectivity index (χ2v) is 7.80. The number of carbonyl (C=O) groups is 1. The summed E-state index contributed by atoms with van der Waals surface area (Å²) in [6, 6.07) is 0. The van der Waals surface area contributed by atoms with E-state index in [0.717, 1.165) is 32.6 Å². The van der Waals surface area contributed by atoms with Crippen LogP contribution < -0.4 is 0 Å². The molecule has 0 radical (unpaired) electrons. The van der Waals surface area contributed by atoms with E-state index in [-0.39, 0.29) is 0 Å². The normalized spacial score (nSPS) is 15.9. The average molecular weight is 316 g/mol. The number of rotatable bonds is 9. The maximum atomic E-state index is 12.3. The Balaban J connectivity index is 4.52. The van der Waals surface area contributed by atoms with Gasteiger partial charge in [0.2, 0.25) is 0 Å². The van der Waals surface area contributed by atoms with Crippen LogP contribution in [-0.2, 0) is 14.6 Å². The van der Waals surface area contributed by atoms with Crippen molar-refractivity contribution < 1.29 is 26.4 Å². The molecule has 0 N–H and O–H groups in total. The summed E-state index contributed by atoms with van der Waals surface area (Å²) < 4.78 is 60.6. The van der Waals surface area contributed by atoms with E-state index in [1.807, 2.05) is 0 Å². The molecule has 0 rings (SSSR count). The van der Waals surface area contributed by atoms with Gasteiger partial charge in [0, 0.05) is 0 Å². The van der Waals surface area contributed by atoms with Crippen LogP contribution in [0.4, 0.5) is 13.2 Å². The topological polar surface area (TPSA) is 51.2 Å². The first kappa shape index (κ1) is 19.4. The van der Waals surface area contributed by atoms with E-state index in [4.69, 9.17) is 0 Å². The Labute approximate surface area is 118 Å². The molecule has 0 saturated carbocycles. The molecular weight excluding hydrogens is 293 g/mol. The van der Waals surface area contributed by atoms with Crippen molar-refractivity contribution in [3.63, 3.8) is 0 Å². The lowest BCUT2D eigenvalue weighted by Crippen LogP contribution is -2.41. The highest BCUT2D eigenvalue weighted by Gasteiger charge is 2.47. The number of hydrogen-bond donors (Lipinski definition) is 0. The monoisotopic (exact) mass is 316 g/mol.